The fraction of sp³-hybridized carbons (Fsp3) is 0.115. The Morgan fingerprint density at radius 2 is 1.64 bits per heavy atom. The SMILES string of the molecule is O=P(O)(O)C(F)(F)c1ccc(CN(Cc2ccccc2-c2ccccc2)S(=O)(=O)c2cnccc2I)cc1Cl. The van der Waals surface area contributed by atoms with Crippen molar-refractivity contribution in [3.8, 4) is 11.1 Å². The van der Waals surface area contributed by atoms with E-state index < -0.39 is 33.9 Å². The maximum Gasteiger partial charge on any atom is 0.399 e. The van der Waals surface area contributed by atoms with Gasteiger partial charge in [0.15, 0.2) is 0 Å². The second kappa shape index (κ2) is 11.7. The lowest BCUT2D eigenvalue weighted by atomic mass is 9.99. The third-order valence-electron chi connectivity index (χ3n) is 5.88. The molecule has 1 aromatic heterocycles. The zero-order chi connectivity index (χ0) is 28.4. The molecule has 0 atom stereocenters. The standard InChI is InChI=1S/C26H21ClF2IN2O5PS/c27-23-14-18(10-11-22(23)26(28,29)38(33,34)35)16-32(39(36,37)25-15-31-13-12-24(25)30)17-20-8-4-5-9-21(20)19-6-2-1-3-7-19/h1-15H,16-17H2,(H2,33,34,35). The summed E-state index contributed by atoms with van der Waals surface area (Å²) in [6, 6.07) is 21.3. The predicted molar refractivity (Wildman–Crippen MR) is 153 cm³/mol. The number of sulfonamides is 1. The fourth-order valence-corrected chi connectivity index (χ4v) is 7.37. The van der Waals surface area contributed by atoms with E-state index in [2.05, 4.69) is 4.98 Å². The lowest BCUT2D eigenvalue weighted by molar-refractivity contribution is 0.0565. The van der Waals surface area contributed by atoms with Gasteiger partial charge in [-0.25, -0.2) is 8.42 Å². The third-order valence-corrected chi connectivity index (χ3v) is 10.3. The average molecular weight is 705 g/mol. The van der Waals surface area contributed by atoms with Crippen molar-refractivity contribution in [1.82, 2.24) is 9.29 Å². The highest BCUT2D eigenvalue weighted by atomic mass is 127. The highest BCUT2D eigenvalue weighted by Crippen LogP contribution is 2.60. The molecule has 2 N–H and O–H groups in total. The number of halogens is 4. The second-order valence-electron chi connectivity index (χ2n) is 8.50. The number of alkyl halides is 2. The Morgan fingerprint density at radius 1 is 0.974 bits per heavy atom. The van der Waals surface area contributed by atoms with Gasteiger partial charge in [0, 0.05) is 29.1 Å². The lowest BCUT2D eigenvalue weighted by Gasteiger charge is -2.25. The number of nitrogens with zero attached hydrogens (tertiary/aromatic N) is 2. The van der Waals surface area contributed by atoms with Gasteiger partial charge in [0.2, 0.25) is 10.0 Å². The van der Waals surface area contributed by atoms with Gasteiger partial charge in [-0.1, -0.05) is 78.3 Å². The first-order valence-corrected chi connectivity index (χ1v) is 15.8. The highest BCUT2D eigenvalue weighted by molar-refractivity contribution is 14.1. The third kappa shape index (κ3) is 6.40. The quantitative estimate of drug-likeness (QED) is 0.150. The van der Waals surface area contributed by atoms with Crippen LogP contribution >= 0.6 is 41.8 Å². The van der Waals surface area contributed by atoms with Crippen molar-refractivity contribution in [3.63, 3.8) is 0 Å². The van der Waals surface area contributed by atoms with Crippen molar-refractivity contribution in [2.75, 3.05) is 0 Å². The maximum atomic E-state index is 14.3. The van der Waals surface area contributed by atoms with Crippen molar-refractivity contribution in [2.45, 2.75) is 23.6 Å². The first-order valence-electron chi connectivity index (χ1n) is 11.3. The van der Waals surface area contributed by atoms with Gasteiger partial charge in [-0.15, -0.1) is 0 Å². The van der Waals surface area contributed by atoms with Crippen LogP contribution in [0.1, 0.15) is 16.7 Å². The largest absolute Gasteiger partial charge is 0.399 e. The number of hydrogen-bond acceptors (Lipinski definition) is 4. The summed E-state index contributed by atoms with van der Waals surface area (Å²) in [5.74, 6) is 0. The number of pyridine rings is 1. The molecule has 0 aliphatic carbocycles. The van der Waals surface area contributed by atoms with E-state index in [1.807, 2.05) is 65.1 Å². The van der Waals surface area contributed by atoms with Crippen LogP contribution in [0.4, 0.5) is 8.78 Å². The summed E-state index contributed by atoms with van der Waals surface area (Å²) < 4.78 is 69.3. The summed E-state index contributed by atoms with van der Waals surface area (Å²) in [5, 5.41) is -0.598. The van der Waals surface area contributed by atoms with Crippen molar-refractivity contribution in [1.29, 1.82) is 0 Å². The van der Waals surface area contributed by atoms with E-state index in [4.69, 9.17) is 21.4 Å². The molecule has 0 aliphatic heterocycles. The Balaban J connectivity index is 1.78. The molecule has 4 aromatic rings. The Labute approximate surface area is 242 Å². The van der Waals surface area contributed by atoms with Crippen LogP contribution in [0, 0.1) is 3.57 Å². The molecule has 4 rings (SSSR count). The zero-order valence-electron chi connectivity index (χ0n) is 20.0. The van der Waals surface area contributed by atoms with E-state index in [-0.39, 0.29) is 23.5 Å². The number of rotatable bonds is 9. The van der Waals surface area contributed by atoms with E-state index in [0.29, 0.717) is 9.13 Å². The van der Waals surface area contributed by atoms with E-state index in [0.717, 1.165) is 23.3 Å². The number of aromatic nitrogens is 1. The van der Waals surface area contributed by atoms with Gasteiger partial charge in [0.1, 0.15) is 4.90 Å². The van der Waals surface area contributed by atoms with E-state index in [1.165, 1.54) is 22.8 Å². The van der Waals surface area contributed by atoms with Gasteiger partial charge < -0.3 is 9.79 Å². The Bertz CT molecular complexity index is 1660. The normalized spacial score (nSPS) is 12.6. The van der Waals surface area contributed by atoms with Crippen LogP contribution in [-0.4, -0.2) is 27.5 Å². The molecular formula is C26H21ClF2IN2O5PS. The molecule has 39 heavy (non-hydrogen) atoms. The second-order valence-corrected chi connectivity index (χ2v) is 13.6. The molecule has 0 amide bonds. The van der Waals surface area contributed by atoms with Crippen LogP contribution in [0.25, 0.3) is 11.1 Å². The van der Waals surface area contributed by atoms with Crippen LogP contribution < -0.4 is 0 Å². The van der Waals surface area contributed by atoms with Gasteiger partial charge in [-0.2, -0.15) is 13.1 Å². The number of hydrogen-bond donors (Lipinski definition) is 2. The Hall–Kier alpha value is -2.25. The molecule has 0 radical (unpaired) electrons. The molecule has 3 aromatic carbocycles. The predicted octanol–water partition coefficient (Wildman–Crippen LogP) is 6.62. The first-order chi connectivity index (χ1) is 18.3. The molecule has 13 heteroatoms. The summed E-state index contributed by atoms with van der Waals surface area (Å²) in [6.07, 6.45) is 2.71. The van der Waals surface area contributed by atoms with E-state index in [1.54, 1.807) is 18.2 Å². The van der Waals surface area contributed by atoms with Gasteiger partial charge >= 0.3 is 13.3 Å². The summed E-state index contributed by atoms with van der Waals surface area (Å²) >= 11 is 7.92. The molecule has 1 heterocycles. The van der Waals surface area contributed by atoms with Crippen LogP contribution in [-0.2, 0) is 33.3 Å². The Morgan fingerprint density at radius 3 is 2.28 bits per heavy atom. The van der Waals surface area contributed by atoms with Crippen molar-refractivity contribution >= 4 is 51.8 Å². The lowest BCUT2D eigenvalue weighted by Crippen LogP contribution is -2.31. The van der Waals surface area contributed by atoms with Gasteiger partial charge in [0.05, 0.1) is 10.6 Å². The van der Waals surface area contributed by atoms with E-state index in [9.17, 15) is 21.8 Å². The van der Waals surface area contributed by atoms with Crippen molar-refractivity contribution in [2.24, 2.45) is 0 Å². The van der Waals surface area contributed by atoms with Crippen LogP contribution in [0.15, 0.2) is 96.2 Å². The summed E-state index contributed by atoms with van der Waals surface area (Å²) in [4.78, 5) is 22.1. The minimum absolute atomic E-state index is 0.0291. The maximum absolute atomic E-state index is 14.3. The Kier molecular flexibility index (Phi) is 8.92. The van der Waals surface area contributed by atoms with Crippen molar-refractivity contribution in [3.05, 3.63) is 117 Å². The van der Waals surface area contributed by atoms with E-state index >= 15 is 0 Å². The topological polar surface area (TPSA) is 108 Å². The molecule has 0 bridgehead atoms. The van der Waals surface area contributed by atoms with Crippen LogP contribution in [0.5, 0.6) is 0 Å². The molecule has 0 fully saturated rings. The first kappa shape index (κ1) is 29.7. The summed E-state index contributed by atoms with van der Waals surface area (Å²) in [7, 11) is -10.00. The molecule has 0 aliphatic rings. The fourth-order valence-electron chi connectivity index (χ4n) is 3.93. The number of benzene rings is 3. The molecule has 0 unspecified atom stereocenters. The highest BCUT2D eigenvalue weighted by Gasteiger charge is 2.51. The average Bonchev–Trinajstić information content (AvgIpc) is 2.88. The molecule has 0 saturated heterocycles. The minimum Gasteiger partial charge on any atom is -0.320 e. The molecule has 0 saturated carbocycles. The van der Waals surface area contributed by atoms with Gasteiger partial charge in [0.25, 0.3) is 0 Å². The minimum atomic E-state index is -5.84. The molecule has 0 spiro atoms. The smallest absolute Gasteiger partial charge is 0.320 e. The summed E-state index contributed by atoms with van der Waals surface area (Å²) in [5.41, 5.74) is -2.92. The van der Waals surface area contributed by atoms with Gasteiger partial charge in [-0.05, 0) is 57.0 Å². The summed E-state index contributed by atoms with van der Waals surface area (Å²) in [6.45, 7) is -0.339. The monoisotopic (exact) mass is 704 g/mol. The van der Waals surface area contributed by atoms with Gasteiger partial charge in [-0.3, -0.25) is 9.55 Å². The molecular weight excluding hydrogens is 684 g/mol. The zero-order valence-corrected chi connectivity index (χ0v) is 24.6. The van der Waals surface area contributed by atoms with Crippen molar-refractivity contribution < 1.29 is 31.6 Å². The van der Waals surface area contributed by atoms with Crippen LogP contribution in [0.3, 0.4) is 0 Å². The molecule has 204 valence electrons. The molecule has 7 nitrogen and oxygen atoms in total. The van der Waals surface area contributed by atoms with Crippen LogP contribution in [0.2, 0.25) is 5.02 Å².